The zero-order valence-electron chi connectivity index (χ0n) is 9.99. The van der Waals surface area contributed by atoms with Crippen LogP contribution < -0.4 is 5.32 Å². The average molecular weight is 234 g/mol. The van der Waals surface area contributed by atoms with Crippen molar-refractivity contribution >= 4 is 17.7 Å². The Morgan fingerprint density at radius 2 is 2.13 bits per heavy atom. The van der Waals surface area contributed by atoms with Crippen molar-refractivity contribution in [3.63, 3.8) is 0 Å². The molecule has 2 unspecified atom stereocenters. The number of nitrogens with zero attached hydrogens (tertiary/aromatic N) is 1. The first-order chi connectivity index (χ1) is 7.02. The van der Waals surface area contributed by atoms with Gasteiger partial charge in [-0.15, -0.1) is 0 Å². The predicted molar refractivity (Wildman–Crippen MR) is 65.2 cm³/mol. The van der Waals surface area contributed by atoms with Gasteiger partial charge in [0.1, 0.15) is 0 Å². The summed E-state index contributed by atoms with van der Waals surface area (Å²) in [4.78, 5) is 12.9. The number of hydrogen-bond acceptors (Lipinski definition) is 4. The fraction of sp³-hybridized carbons (Fsp3) is 0.900. The largest absolute Gasteiger partial charge is 0.395 e. The molecule has 0 aromatic carbocycles. The lowest BCUT2D eigenvalue weighted by atomic mass is 10.2. The number of thioether (sulfide) groups is 1. The maximum absolute atomic E-state index is 11.3. The molecule has 1 amide bonds. The summed E-state index contributed by atoms with van der Waals surface area (Å²) in [6.45, 7) is 2.85. The highest BCUT2D eigenvalue weighted by atomic mass is 32.2. The minimum atomic E-state index is 0.124. The van der Waals surface area contributed by atoms with Gasteiger partial charge in [-0.1, -0.05) is 0 Å². The van der Waals surface area contributed by atoms with Crippen LogP contribution in [0.3, 0.4) is 0 Å². The van der Waals surface area contributed by atoms with Crippen molar-refractivity contribution in [2.24, 2.45) is 0 Å². The SMILES string of the molecule is CSC(CO)C(C)NCCC(=O)N(C)C. The van der Waals surface area contributed by atoms with Crippen molar-refractivity contribution in [1.82, 2.24) is 10.2 Å². The lowest BCUT2D eigenvalue weighted by Gasteiger charge is -2.21. The van der Waals surface area contributed by atoms with E-state index in [1.54, 1.807) is 30.8 Å². The Bertz CT molecular complexity index is 184. The van der Waals surface area contributed by atoms with Gasteiger partial charge in [-0.3, -0.25) is 4.79 Å². The molecule has 0 aliphatic rings. The standard InChI is InChI=1S/C10H22N2O2S/c1-8(9(7-13)15-4)11-6-5-10(14)12(2)3/h8-9,11,13H,5-7H2,1-4H3. The average Bonchev–Trinajstić information content (AvgIpc) is 2.19. The number of amides is 1. The highest BCUT2D eigenvalue weighted by Gasteiger charge is 2.14. The zero-order valence-corrected chi connectivity index (χ0v) is 10.8. The van der Waals surface area contributed by atoms with Crippen LogP contribution in [0, 0.1) is 0 Å². The molecule has 5 heteroatoms. The van der Waals surface area contributed by atoms with Gasteiger partial charge in [-0.05, 0) is 13.2 Å². The first-order valence-corrected chi connectivity index (χ1v) is 6.38. The highest BCUT2D eigenvalue weighted by Crippen LogP contribution is 2.09. The molecule has 0 saturated heterocycles. The third-order valence-corrected chi connectivity index (χ3v) is 3.51. The number of aliphatic hydroxyl groups excluding tert-OH is 1. The molecular weight excluding hydrogens is 212 g/mol. The van der Waals surface area contributed by atoms with E-state index in [-0.39, 0.29) is 23.8 Å². The first-order valence-electron chi connectivity index (χ1n) is 5.10. The van der Waals surface area contributed by atoms with E-state index in [1.165, 1.54) is 0 Å². The summed E-state index contributed by atoms with van der Waals surface area (Å²) in [5, 5.41) is 12.5. The van der Waals surface area contributed by atoms with Crippen LogP contribution in [-0.2, 0) is 4.79 Å². The molecular formula is C10H22N2O2S. The first kappa shape index (κ1) is 14.7. The lowest BCUT2D eigenvalue weighted by molar-refractivity contribution is -0.128. The molecule has 2 N–H and O–H groups in total. The summed E-state index contributed by atoms with van der Waals surface area (Å²) in [5.41, 5.74) is 0. The zero-order chi connectivity index (χ0) is 11.8. The second-order valence-electron chi connectivity index (χ2n) is 3.74. The van der Waals surface area contributed by atoms with Crippen LogP contribution in [0.4, 0.5) is 0 Å². The fourth-order valence-corrected chi connectivity index (χ4v) is 1.85. The molecule has 4 nitrogen and oxygen atoms in total. The van der Waals surface area contributed by atoms with Crippen molar-refractivity contribution in [2.75, 3.05) is 33.5 Å². The molecule has 0 bridgehead atoms. The third-order valence-electron chi connectivity index (χ3n) is 2.34. The summed E-state index contributed by atoms with van der Waals surface area (Å²) < 4.78 is 0. The van der Waals surface area contributed by atoms with Crippen LogP contribution in [0.15, 0.2) is 0 Å². The second kappa shape index (κ2) is 7.96. The molecule has 90 valence electrons. The van der Waals surface area contributed by atoms with Crippen LogP contribution >= 0.6 is 11.8 Å². The van der Waals surface area contributed by atoms with Gasteiger partial charge in [0.2, 0.25) is 5.91 Å². The molecule has 0 rings (SSSR count). The smallest absolute Gasteiger partial charge is 0.223 e. The Morgan fingerprint density at radius 3 is 2.53 bits per heavy atom. The lowest BCUT2D eigenvalue weighted by Crippen LogP contribution is -2.39. The molecule has 0 aromatic rings. The van der Waals surface area contributed by atoms with Crippen molar-refractivity contribution in [2.45, 2.75) is 24.6 Å². The summed E-state index contributed by atoms with van der Waals surface area (Å²) in [6.07, 6.45) is 2.48. The topological polar surface area (TPSA) is 52.6 Å². The summed E-state index contributed by atoms with van der Waals surface area (Å²) in [5.74, 6) is 0.124. The van der Waals surface area contributed by atoms with E-state index in [2.05, 4.69) is 5.32 Å². The van der Waals surface area contributed by atoms with Gasteiger partial charge in [-0.2, -0.15) is 11.8 Å². The van der Waals surface area contributed by atoms with E-state index in [9.17, 15) is 4.79 Å². The quantitative estimate of drug-likeness (QED) is 0.659. The number of aliphatic hydroxyl groups is 1. The molecule has 0 aliphatic carbocycles. The van der Waals surface area contributed by atoms with E-state index < -0.39 is 0 Å². The second-order valence-corrected chi connectivity index (χ2v) is 4.81. The highest BCUT2D eigenvalue weighted by molar-refractivity contribution is 7.99. The number of carbonyl (C=O) groups is 1. The number of nitrogens with one attached hydrogen (secondary N) is 1. The van der Waals surface area contributed by atoms with Gasteiger partial charge < -0.3 is 15.3 Å². The molecule has 15 heavy (non-hydrogen) atoms. The van der Waals surface area contributed by atoms with Gasteiger partial charge in [0.25, 0.3) is 0 Å². The monoisotopic (exact) mass is 234 g/mol. The van der Waals surface area contributed by atoms with Gasteiger partial charge in [0.05, 0.1) is 6.61 Å². The van der Waals surface area contributed by atoms with Crippen LogP contribution in [0.25, 0.3) is 0 Å². The Balaban J connectivity index is 3.71. The minimum Gasteiger partial charge on any atom is -0.395 e. The molecule has 0 fully saturated rings. The molecule has 0 spiro atoms. The Labute approximate surface area is 96.4 Å². The maximum Gasteiger partial charge on any atom is 0.223 e. The van der Waals surface area contributed by atoms with Gasteiger partial charge in [0.15, 0.2) is 0 Å². The Hall–Kier alpha value is -0.260. The van der Waals surface area contributed by atoms with Crippen LogP contribution in [0.2, 0.25) is 0 Å². The molecule has 0 radical (unpaired) electrons. The Kier molecular flexibility index (Phi) is 7.82. The van der Waals surface area contributed by atoms with E-state index in [0.29, 0.717) is 13.0 Å². The van der Waals surface area contributed by atoms with Gasteiger partial charge >= 0.3 is 0 Å². The predicted octanol–water partition coefficient (Wildman–Crippen LogP) is 0.167. The van der Waals surface area contributed by atoms with Gasteiger partial charge in [-0.25, -0.2) is 0 Å². The Morgan fingerprint density at radius 1 is 1.53 bits per heavy atom. The number of rotatable bonds is 7. The summed E-state index contributed by atoms with van der Waals surface area (Å²) in [6, 6.07) is 0.222. The van der Waals surface area contributed by atoms with Crippen molar-refractivity contribution < 1.29 is 9.90 Å². The number of carbonyl (C=O) groups excluding carboxylic acids is 1. The van der Waals surface area contributed by atoms with E-state index in [1.807, 2.05) is 13.2 Å². The fourth-order valence-electron chi connectivity index (χ4n) is 1.20. The van der Waals surface area contributed by atoms with Crippen LogP contribution in [0.1, 0.15) is 13.3 Å². The molecule has 0 heterocycles. The van der Waals surface area contributed by atoms with Crippen LogP contribution in [0.5, 0.6) is 0 Å². The molecule has 0 aromatic heterocycles. The summed E-state index contributed by atoms with van der Waals surface area (Å²) in [7, 11) is 3.51. The molecule has 2 atom stereocenters. The van der Waals surface area contributed by atoms with Crippen molar-refractivity contribution in [1.29, 1.82) is 0 Å². The molecule has 0 aliphatic heterocycles. The van der Waals surface area contributed by atoms with Crippen LogP contribution in [-0.4, -0.2) is 60.7 Å². The minimum absolute atomic E-state index is 0.124. The van der Waals surface area contributed by atoms with Crippen molar-refractivity contribution in [3.05, 3.63) is 0 Å². The van der Waals surface area contributed by atoms with E-state index >= 15 is 0 Å². The summed E-state index contributed by atoms with van der Waals surface area (Å²) >= 11 is 1.64. The van der Waals surface area contributed by atoms with Gasteiger partial charge in [0, 0.05) is 38.4 Å². The van der Waals surface area contributed by atoms with E-state index in [0.717, 1.165) is 0 Å². The molecule has 0 saturated carbocycles. The van der Waals surface area contributed by atoms with E-state index in [4.69, 9.17) is 5.11 Å². The third kappa shape index (κ3) is 6.02. The van der Waals surface area contributed by atoms with Crippen molar-refractivity contribution in [3.8, 4) is 0 Å². The maximum atomic E-state index is 11.3. The number of hydrogen-bond donors (Lipinski definition) is 2. The normalized spacial score (nSPS) is 14.7.